The highest BCUT2D eigenvalue weighted by molar-refractivity contribution is 5.11. The Morgan fingerprint density at radius 1 is 0.909 bits per heavy atom. The molecule has 0 unspecified atom stereocenters. The van der Waals surface area contributed by atoms with Crippen molar-refractivity contribution < 1.29 is 10.2 Å². The molecule has 0 bridgehead atoms. The van der Waals surface area contributed by atoms with Crippen LogP contribution in [0.25, 0.3) is 0 Å². The van der Waals surface area contributed by atoms with E-state index in [2.05, 4.69) is 20.8 Å². The Labute approximate surface area is 135 Å². The normalized spacial score (nSPS) is 61.2. The highest BCUT2D eigenvalue weighted by Gasteiger charge is 2.62. The van der Waals surface area contributed by atoms with Crippen molar-refractivity contribution in [2.24, 2.45) is 40.4 Å². The molecule has 126 valence electrons. The first-order valence-electron chi connectivity index (χ1n) is 9.72. The van der Waals surface area contributed by atoms with Crippen molar-refractivity contribution in [2.75, 3.05) is 0 Å². The van der Waals surface area contributed by atoms with Gasteiger partial charge in [0.1, 0.15) is 0 Å². The highest BCUT2D eigenvalue weighted by Crippen LogP contribution is 2.67. The van der Waals surface area contributed by atoms with Crippen LogP contribution in [0, 0.1) is 40.4 Å². The lowest BCUT2D eigenvalue weighted by Crippen LogP contribution is -2.58. The van der Waals surface area contributed by atoms with Gasteiger partial charge < -0.3 is 10.2 Å². The quantitative estimate of drug-likeness (QED) is 0.710. The van der Waals surface area contributed by atoms with Gasteiger partial charge in [-0.05, 0) is 91.8 Å². The van der Waals surface area contributed by atoms with Crippen LogP contribution in [0.2, 0.25) is 0 Å². The Morgan fingerprint density at radius 2 is 1.68 bits per heavy atom. The van der Waals surface area contributed by atoms with E-state index in [-0.39, 0.29) is 17.6 Å². The molecule has 0 aliphatic heterocycles. The van der Waals surface area contributed by atoms with Crippen molar-refractivity contribution in [3.63, 3.8) is 0 Å². The zero-order valence-corrected chi connectivity index (χ0v) is 14.6. The van der Waals surface area contributed by atoms with Crippen molar-refractivity contribution in [1.29, 1.82) is 0 Å². The minimum atomic E-state index is -0.116. The fourth-order valence-corrected chi connectivity index (χ4v) is 7.61. The monoisotopic (exact) mass is 306 g/mol. The third-order valence-electron chi connectivity index (χ3n) is 9.04. The van der Waals surface area contributed by atoms with E-state index < -0.39 is 0 Å². The lowest BCUT2D eigenvalue weighted by molar-refractivity contribution is -0.176. The van der Waals surface area contributed by atoms with Gasteiger partial charge in [-0.3, -0.25) is 0 Å². The highest BCUT2D eigenvalue weighted by atomic mass is 16.3. The van der Waals surface area contributed by atoms with Crippen LogP contribution in [0.3, 0.4) is 0 Å². The molecule has 2 heteroatoms. The largest absolute Gasteiger partial charge is 0.393 e. The molecule has 4 aliphatic rings. The van der Waals surface area contributed by atoms with Crippen LogP contribution in [0.4, 0.5) is 0 Å². The maximum absolute atomic E-state index is 11.1. The summed E-state index contributed by atoms with van der Waals surface area (Å²) in [6.45, 7) is 7.33. The molecule has 0 saturated heterocycles. The summed E-state index contributed by atoms with van der Waals surface area (Å²) in [5, 5.41) is 21.2. The lowest BCUT2D eigenvalue weighted by Gasteiger charge is -2.62. The molecular weight excluding hydrogens is 272 g/mol. The van der Waals surface area contributed by atoms with Crippen LogP contribution in [-0.4, -0.2) is 22.4 Å². The van der Waals surface area contributed by atoms with E-state index in [0.29, 0.717) is 17.3 Å². The summed E-state index contributed by atoms with van der Waals surface area (Å²) in [5.41, 5.74) is 0.646. The molecule has 0 amide bonds. The number of hydrogen-bond donors (Lipinski definition) is 2. The minimum Gasteiger partial charge on any atom is -0.393 e. The average Bonchev–Trinajstić information content (AvgIpc) is 2.75. The molecule has 0 spiro atoms. The molecule has 2 nitrogen and oxygen atoms in total. The van der Waals surface area contributed by atoms with Gasteiger partial charge in [-0.15, -0.1) is 0 Å². The van der Waals surface area contributed by atoms with Crippen molar-refractivity contribution in [2.45, 2.75) is 84.3 Å². The van der Waals surface area contributed by atoms with Gasteiger partial charge in [0.2, 0.25) is 0 Å². The summed E-state index contributed by atoms with van der Waals surface area (Å²) < 4.78 is 0. The summed E-state index contributed by atoms with van der Waals surface area (Å²) in [7, 11) is 0. The van der Waals surface area contributed by atoms with Crippen LogP contribution in [0.1, 0.15) is 72.1 Å². The van der Waals surface area contributed by atoms with Gasteiger partial charge in [0, 0.05) is 0 Å². The number of aliphatic hydroxyl groups excluding tert-OH is 2. The van der Waals surface area contributed by atoms with Gasteiger partial charge in [-0.25, -0.2) is 0 Å². The van der Waals surface area contributed by atoms with Crippen molar-refractivity contribution in [3.05, 3.63) is 0 Å². The van der Waals surface area contributed by atoms with Crippen LogP contribution in [0.15, 0.2) is 0 Å². The third kappa shape index (κ3) is 1.92. The van der Waals surface area contributed by atoms with E-state index in [0.717, 1.165) is 43.4 Å². The van der Waals surface area contributed by atoms with Gasteiger partial charge in [-0.1, -0.05) is 20.8 Å². The van der Waals surface area contributed by atoms with Crippen molar-refractivity contribution in [1.82, 2.24) is 0 Å². The Morgan fingerprint density at radius 3 is 2.45 bits per heavy atom. The molecule has 0 aromatic rings. The smallest absolute Gasteiger partial charge is 0.0581 e. The Hall–Kier alpha value is -0.0800. The molecule has 4 rings (SSSR count). The van der Waals surface area contributed by atoms with E-state index >= 15 is 0 Å². The second-order valence-corrected chi connectivity index (χ2v) is 9.76. The topological polar surface area (TPSA) is 40.5 Å². The van der Waals surface area contributed by atoms with Gasteiger partial charge in [0.25, 0.3) is 0 Å². The molecule has 2 N–H and O–H groups in total. The number of hydrogen-bond acceptors (Lipinski definition) is 2. The fraction of sp³-hybridized carbons (Fsp3) is 1.00. The van der Waals surface area contributed by atoms with Gasteiger partial charge in [0.15, 0.2) is 0 Å². The molecule has 0 aromatic carbocycles. The second-order valence-electron chi connectivity index (χ2n) is 9.76. The first kappa shape index (κ1) is 15.4. The Kier molecular flexibility index (Phi) is 3.48. The summed E-state index contributed by atoms with van der Waals surface area (Å²) in [5.74, 6) is 3.46. The van der Waals surface area contributed by atoms with E-state index in [1.807, 2.05) is 0 Å². The number of fused-ring (bicyclic) bond motifs is 5. The van der Waals surface area contributed by atoms with Crippen LogP contribution < -0.4 is 0 Å². The molecule has 4 fully saturated rings. The fourth-order valence-electron chi connectivity index (χ4n) is 7.61. The third-order valence-corrected chi connectivity index (χ3v) is 9.04. The van der Waals surface area contributed by atoms with Gasteiger partial charge in [0.05, 0.1) is 12.2 Å². The molecule has 22 heavy (non-hydrogen) atoms. The van der Waals surface area contributed by atoms with Crippen LogP contribution in [-0.2, 0) is 0 Å². The van der Waals surface area contributed by atoms with E-state index in [4.69, 9.17) is 0 Å². The molecule has 0 heterocycles. The van der Waals surface area contributed by atoms with E-state index in [1.54, 1.807) is 0 Å². The number of aliphatic hydroxyl groups is 2. The van der Waals surface area contributed by atoms with Crippen molar-refractivity contribution in [3.8, 4) is 0 Å². The summed E-state index contributed by atoms with van der Waals surface area (Å²) in [4.78, 5) is 0. The maximum atomic E-state index is 11.1. The summed E-state index contributed by atoms with van der Waals surface area (Å²) >= 11 is 0. The second kappa shape index (κ2) is 4.96. The van der Waals surface area contributed by atoms with Gasteiger partial charge >= 0.3 is 0 Å². The first-order valence-corrected chi connectivity index (χ1v) is 9.72. The van der Waals surface area contributed by atoms with Crippen LogP contribution >= 0.6 is 0 Å². The van der Waals surface area contributed by atoms with E-state index in [9.17, 15) is 10.2 Å². The standard InChI is InChI=1S/C20H34O2/c1-12-4-7-16-15-6-5-13-10-14(21)8-9-19(13,2)18(15)17(22)11-20(12,16)3/h12-18,21-22H,4-11H2,1-3H3/t12-,13+,14-,15+,16+,17-,18-,19+,20-/m1/s1. The summed E-state index contributed by atoms with van der Waals surface area (Å²) in [6.07, 6.45) is 9.17. The van der Waals surface area contributed by atoms with Gasteiger partial charge in [-0.2, -0.15) is 0 Å². The number of rotatable bonds is 0. The molecular formula is C20H34O2. The maximum Gasteiger partial charge on any atom is 0.0581 e. The minimum absolute atomic E-state index is 0.0906. The van der Waals surface area contributed by atoms with E-state index in [1.165, 1.54) is 25.7 Å². The zero-order valence-electron chi connectivity index (χ0n) is 14.6. The molecule has 9 atom stereocenters. The summed E-state index contributed by atoms with van der Waals surface area (Å²) in [6, 6.07) is 0. The SMILES string of the molecule is C[C@@H]1CC[C@H]2[C@@H]3CC[C@H]4C[C@H](O)CC[C@]4(C)[C@H]3[C@H](O)C[C@]12C. The zero-order chi connectivity index (χ0) is 15.7. The molecule has 0 aromatic heterocycles. The first-order chi connectivity index (χ1) is 10.4. The van der Waals surface area contributed by atoms with Crippen LogP contribution in [0.5, 0.6) is 0 Å². The predicted molar refractivity (Wildman–Crippen MR) is 88.3 cm³/mol. The molecule has 4 aliphatic carbocycles. The predicted octanol–water partition coefficient (Wildman–Crippen LogP) is 4.00. The van der Waals surface area contributed by atoms with Crippen molar-refractivity contribution >= 4 is 0 Å². The molecule has 0 radical (unpaired) electrons. The Bertz CT molecular complexity index is 449. The lowest BCUT2D eigenvalue weighted by atomic mass is 9.44. The molecule has 4 saturated carbocycles. The average molecular weight is 306 g/mol. The Balaban J connectivity index is 1.68.